The fourth-order valence-electron chi connectivity index (χ4n) is 1.50. The number of nitrogens with one attached hydrogen (secondary N) is 1. The first kappa shape index (κ1) is 15.9. The van der Waals surface area contributed by atoms with Gasteiger partial charge in [-0.1, -0.05) is 0 Å². The SMILES string of the molecule is Cl.O=C(OCCCCO[N+](=O)[O-])[C@@H]1CCCN1. The predicted molar refractivity (Wildman–Crippen MR) is 61.4 cm³/mol. The summed E-state index contributed by atoms with van der Waals surface area (Å²) in [5, 5.41) is 12.0. The summed E-state index contributed by atoms with van der Waals surface area (Å²) < 4.78 is 5.01. The quantitative estimate of drug-likeness (QED) is 0.316. The van der Waals surface area contributed by atoms with Crippen LogP contribution in [-0.4, -0.2) is 36.9 Å². The van der Waals surface area contributed by atoms with Crippen molar-refractivity contribution in [2.24, 2.45) is 0 Å². The zero-order valence-electron chi connectivity index (χ0n) is 9.42. The molecule has 1 saturated heterocycles. The molecule has 0 unspecified atom stereocenters. The van der Waals surface area contributed by atoms with Crippen molar-refractivity contribution in [2.75, 3.05) is 19.8 Å². The molecule has 8 heteroatoms. The molecule has 1 heterocycles. The molecule has 0 amide bonds. The summed E-state index contributed by atoms with van der Waals surface area (Å²) in [4.78, 5) is 25.3. The molecule has 1 aliphatic heterocycles. The monoisotopic (exact) mass is 268 g/mol. The molecule has 0 aliphatic carbocycles. The van der Waals surface area contributed by atoms with Gasteiger partial charge in [-0.05, 0) is 32.2 Å². The first-order chi connectivity index (χ1) is 7.70. The number of halogens is 1. The van der Waals surface area contributed by atoms with E-state index in [1.807, 2.05) is 0 Å². The van der Waals surface area contributed by atoms with Crippen molar-refractivity contribution in [2.45, 2.75) is 31.7 Å². The van der Waals surface area contributed by atoms with Crippen molar-refractivity contribution >= 4 is 18.4 Å². The molecule has 17 heavy (non-hydrogen) atoms. The minimum atomic E-state index is -0.825. The number of carbonyl (C=O) groups excluding carboxylic acids is 1. The number of hydrogen-bond donors (Lipinski definition) is 1. The van der Waals surface area contributed by atoms with Gasteiger partial charge in [-0.15, -0.1) is 22.5 Å². The Kier molecular flexibility index (Phi) is 8.43. The predicted octanol–water partition coefficient (Wildman–Crippen LogP) is 0.692. The smallest absolute Gasteiger partial charge is 0.323 e. The van der Waals surface area contributed by atoms with Gasteiger partial charge in [0.1, 0.15) is 6.04 Å². The summed E-state index contributed by atoms with van der Waals surface area (Å²) in [5.41, 5.74) is 0. The van der Waals surface area contributed by atoms with E-state index in [2.05, 4.69) is 10.2 Å². The molecule has 1 atom stereocenters. The number of carbonyl (C=O) groups is 1. The van der Waals surface area contributed by atoms with Gasteiger partial charge in [-0.3, -0.25) is 4.79 Å². The minimum Gasteiger partial charge on any atom is -0.465 e. The maximum atomic E-state index is 11.4. The van der Waals surface area contributed by atoms with Crippen LogP contribution in [0.15, 0.2) is 0 Å². The number of hydrogen-bond acceptors (Lipinski definition) is 6. The van der Waals surface area contributed by atoms with E-state index >= 15 is 0 Å². The zero-order chi connectivity index (χ0) is 11.8. The summed E-state index contributed by atoms with van der Waals surface area (Å²) in [5.74, 6) is -0.229. The van der Waals surface area contributed by atoms with Gasteiger partial charge >= 0.3 is 5.97 Å². The lowest BCUT2D eigenvalue weighted by atomic mass is 10.2. The second kappa shape index (κ2) is 9.00. The molecule has 0 saturated carbocycles. The Morgan fingerprint density at radius 3 is 2.71 bits per heavy atom. The number of unbranched alkanes of at least 4 members (excludes halogenated alkanes) is 1. The highest BCUT2D eigenvalue weighted by Gasteiger charge is 2.22. The molecule has 1 fully saturated rings. The first-order valence-corrected chi connectivity index (χ1v) is 5.37. The summed E-state index contributed by atoms with van der Waals surface area (Å²) in [7, 11) is 0. The maximum Gasteiger partial charge on any atom is 0.323 e. The van der Waals surface area contributed by atoms with Crippen molar-refractivity contribution in [3.05, 3.63) is 10.1 Å². The number of ether oxygens (including phenoxy) is 1. The molecular formula is C9H17ClN2O5. The van der Waals surface area contributed by atoms with Gasteiger partial charge in [0.05, 0.1) is 13.2 Å². The molecule has 1 aliphatic rings. The topological polar surface area (TPSA) is 90.7 Å². The van der Waals surface area contributed by atoms with Gasteiger partial charge in [-0.2, -0.15) is 0 Å². The maximum absolute atomic E-state index is 11.4. The van der Waals surface area contributed by atoms with E-state index in [1.165, 1.54) is 0 Å². The van der Waals surface area contributed by atoms with E-state index in [9.17, 15) is 14.9 Å². The Labute approximate surface area is 105 Å². The molecule has 100 valence electrons. The standard InChI is InChI=1S/C9H16N2O5.ClH/c12-9(8-4-3-5-10-8)15-6-1-2-7-16-11(13)14;/h8,10H,1-7H2;1H/t8-;/m0./s1. The average molecular weight is 269 g/mol. The average Bonchev–Trinajstić information content (AvgIpc) is 2.75. The summed E-state index contributed by atoms with van der Waals surface area (Å²) in [6, 6.07) is -0.171. The molecule has 0 spiro atoms. The Balaban J connectivity index is 0.00000256. The molecule has 7 nitrogen and oxygen atoms in total. The Hall–Kier alpha value is -1.08. The van der Waals surface area contributed by atoms with Crippen molar-refractivity contribution < 1.29 is 19.5 Å². The van der Waals surface area contributed by atoms with Gasteiger partial charge in [0.2, 0.25) is 0 Å². The highest BCUT2D eigenvalue weighted by Crippen LogP contribution is 2.06. The van der Waals surface area contributed by atoms with Crippen LogP contribution in [-0.2, 0) is 14.4 Å². The lowest BCUT2D eigenvalue weighted by Crippen LogP contribution is -2.32. The van der Waals surface area contributed by atoms with Gasteiger partial charge < -0.3 is 14.9 Å². The third-order valence-corrected chi connectivity index (χ3v) is 2.32. The van der Waals surface area contributed by atoms with Gasteiger partial charge in [0.15, 0.2) is 0 Å². The summed E-state index contributed by atoms with van der Waals surface area (Å²) >= 11 is 0. The highest BCUT2D eigenvalue weighted by molar-refractivity contribution is 5.85. The van der Waals surface area contributed by atoms with Crippen molar-refractivity contribution in [3.8, 4) is 0 Å². The van der Waals surface area contributed by atoms with E-state index < -0.39 is 5.09 Å². The van der Waals surface area contributed by atoms with E-state index in [0.717, 1.165) is 19.4 Å². The summed E-state index contributed by atoms with van der Waals surface area (Å²) in [6.45, 7) is 1.20. The van der Waals surface area contributed by atoms with E-state index in [0.29, 0.717) is 12.8 Å². The number of rotatable bonds is 7. The van der Waals surface area contributed by atoms with Crippen molar-refractivity contribution in [3.63, 3.8) is 0 Å². The Bertz CT molecular complexity index is 246. The second-order valence-corrected chi connectivity index (χ2v) is 3.58. The van der Waals surface area contributed by atoms with Crippen LogP contribution >= 0.6 is 12.4 Å². The Morgan fingerprint density at radius 2 is 2.12 bits per heavy atom. The van der Waals surface area contributed by atoms with Crippen LogP contribution in [0.1, 0.15) is 25.7 Å². The van der Waals surface area contributed by atoms with E-state index in [4.69, 9.17) is 4.74 Å². The van der Waals surface area contributed by atoms with Gasteiger partial charge in [0.25, 0.3) is 5.09 Å². The van der Waals surface area contributed by atoms with Crippen LogP contribution in [0.5, 0.6) is 0 Å². The van der Waals surface area contributed by atoms with Gasteiger partial charge in [0, 0.05) is 0 Å². The summed E-state index contributed by atoms with van der Waals surface area (Å²) in [6.07, 6.45) is 2.90. The van der Waals surface area contributed by atoms with Crippen LogP contribution in [0.4, 0.5) is 0 Å². The van der Waals surface area contributed by atoms with Crippen LogP contribution in [0.3, 0.4) is 0 Å². The molecule has 0 bridgehead atoms. The highest BCUT2D eigenvalue weighted by atomic mass is 35.5. The Morgan fingerprint density at radius 1 is 1.41 bits per heavy atom. The molecule has 0 aromatic rings. The van der Waals surface area contributed by atoms with Crippen LogP contribution < -0.4 is 5.32 Å². The van der Waals surface area contributed by atoms with E-state index in [-0.39, 0.29) is 37.6 Å². The number of esters is 1. The molecular weight excluding hydrogens is 252 g/mol. The molecule has 0 aromatic heterocycles. The molecule has 0 radical (unpaired) electrons. The normalized spacial score (nSPS) is 18.2. The fraction of sp³-hybridized carbons (Fsp3) is 0.889. The van der Waals surface area contributed by atoms with Crippen LogP contribution in [0.25, 0.3) is 0 Å². The lowest BCUT2D eigenvalue weighted by molar-refractivity contribution is -0.757. The third kappa shape index (κ3) is 6.96. The van der Waals surface area contributed by atoms with Gasteiger partial charge in [-0.25, -0.2) is 0 Å². The largest absolute Gasteiger partial charge is 0.465 e. The van der Waals surface area contributed by atoms with E-state index in [1.54, 1.807) is 0 Å². The van der Waals surface area contributed by atoms with Crippen LogP contribution in [0, 0.1) is 10.1 Å². The zero-order valence-corrected chi connectivity index (χ0v) is 10.2. The second-order valence-electron chi connectivity index (χ2n) is 3.58. The van der Waals surface area contributed by atoms with Crippen molar-refractivity contribution in [1.29, 1.82) is 0 Å². The first-order valence-electron chi connectivity index (χ1n) is 5.37. The minimum absolute atomic E-state index is 0. The molecule has 0 aromatic carbocycles. The van der Waals surface area contributed by atoms with Crippen LogP contribution in [0.2, 0.25) is 0 Å². The van der Waals surface area contributed by atoms with Crippen molar-refractivity contribution in [1.82, 2.24) is 5.32 Å². The fourth-order valence-corrected chi connectivity index (χ4v) is 1.50. The number of nitrogens with zero attached hydrogens (tertiary/aromatic N) is 1. The lowest BCUT2D eigenvalue weighted by Gasteiger charge is -2.09. The molecule has 1 N–H and O–H groups in total. The third-order valence-electron chi connectivity index (χ3n) is 2.32. The molecule has 1 rings (SSSR count).